The van der Waals surface area contributed by atoms with Crippen LogP contribution in [0.4, 0.5) is 5.69 Å². The molecule has 3 rings (SSSR count). The molecular weight excluding hydrogens is 322 g/mol. The molecule has 0 bridgehead atoms. The zero-order valence-corrected chi connectivity index (χ0v) is 14.7. The molecule has 0 fully saturated rings. The predicted molar refractivity (Wildman–Crippen MR) is 105 cm³/mol. The number of pyridine rings is 1. The van der Waals surface area contributed by atoms with Crippen molar-refractivity contribution in [2.75, 3.05) is 11.4 Å². The monoisotopic (exact) mass is 345 g/mol. The van der Waals surface area contributed by atoms with Crippen molar-refractivity contribution < 1.29 is 4.79 Å². The highest BCUT2D eigenvalue weighted by atomic mass is 16.1. The molecule has 1 amide bonds. The molecule has 132 valence electrons. The molecule has 0 atom stereocenters. The molecule has 0 aliphatic carbocycles. The van der Waals surface area contributed by atoms with E-state index in [1.54, 1.807) is 12.4 Å². The number of nitrogens with zero attached hydrogens (tertiary/aromatic N) is 2. The minimum absolute atomic E-state index is 0.0443. The molecule has 0 saturated carbocycles. The summed E-state index contributed by atoms with van der Waals surface area (Å²) in [6, 6.07) is 24.4. The van der Waals surface area contributed by atoms with Crippen LogP contribution < -0.4 is 10.2 Å². The summed E-state index contributed by atoms with van der Waals surface area (Å²) < 4.78 is 0. The van der Waals surface area contributed by atoms with Crippen molar-refractivity contribution >= 4 is 11.6 Å². The first-order valence-electron chi connectivity index (χ1n) is 8.81. The number of carbonyl (C=O) groups excluding carboxylic acids is 1. The van der Waals surface area contributed by atoms with Gasteiger partial charge in [0.15, 0.2) is 0 Å². The Balaban J connectivity index is 1.58. The lowest BCUT2D eigenvalue weighted by Crippen LogP contribution is -2.30. The molecule has 4 nitrogen and oxygen atoms in total. The average Bonchev–Trinajstić information content (AvgIpc) is 2.72. The third kappa shape index (κ3) is 5.45. The average molecular weight is 345 g/mol. The first-order chi connectivity index (χ1) is 12.8. The van der Waals surface area contributed by atoms with Crippen LogP contribution in [0.15, 0.2) is 85.2 Å². The van der Waals surface area contributed by atoms with Crippen molar-refractivity contribution in [2.24, 2.45) is 0 Å². The van der Waals surface area contributed by atoms with Gasteiger partial charge in [-0.25, -0.2) is 0 Å². The maximum atomic E-state index is 12.2. The van der Waals surface area contributed by atoms with Gasteiger partial charge in [-0.2, -0.15) is 0 Å². The van der Waals surface area contributed by atoms with E-state index in [0.29, 0.717) is 19.5 Å². The van der Waals surface area contributed by atoms with Crippen LogP contribution in [-0.4, -0.2) is 17.4 Å². The van der Waals surface area contributed by atoms with E-state index in [4.69, 9.17) is 0 Å². The maximum absolute atomic E-state index is 12.2. The van der Waals surface area contributed by atoms with Gasteiger partial charge in [-0.1, -0.05) is 54.6 Å². The highest BCUT2D eigenvalue weighted by Gasteiger charge is 2.10. The number of nitrogens with one attached hydrogen (secondary N) is 1. The summed E-state index contributed by atoms with van der Waals surface area (Å²) in [5.74, 6) is 0.0443. The van der Waals surface area contributed by atoms with Crippen LogP contribution in [0.1, 0.15) is 17.5 Å². The Morgan fingerprint density at radius 1 is 0.885 bits per heavy atom. The SMILES string of the molecule is O=C(CCN(Cc1ccccc1)c1ccccc1)NCc1cccnc1. The second kappa shape index (κ2) is 9.37. The van der Waals surface area contributed by atoms with Gasteiger partial charge in [0.1, 0.15) is 0 Å². The van der Waals surface area contributed by atoms with E-state index in [1.807, 2.05) is 48.5 Å². The third-order valence-electron chi connectivity index (χ3n) is 4.16. The fourth-order valence-electron chi connectivity index (χ4n) is 2.77. The number of para-hydroxylation sites is 1. The van der Waals surface area contributed by atoms with Gasteiger partial charge < -0.3 is 10.2 Å². The summed E-state index contributed by atoms with van der Waals surface area (Å²) in [5.41, 5.74) is 3.36. The summed E-state index contributed by atoms with van der Waals surface area (Å²) in [7, 11) is 0. The van der Waals surface area contributed by atoms with Crippen molar-refractivity contribution in [2.45, 2.75) is 19.5 Å². The van der Waals surface area contributed by atoms with Crippen molar-refractivity contribution in [1.82, 2.24) is 10.3 Å². The molecule has 0 spiro atoms. The lowest BCUT2D eigenvalue weighted by molar-refractivity contribution is -0.121. The van der Waals surface area contributed by atoms with Gasteiger partial charge in [-0.05, 0) is 29.3 Å². The van der Waals surface area contributed by atoms with E-state index in [0.717, 1.165) is 17.8 Å². The molecule has 1 heterocycles. The second-order valence-corrected chi connectivity index (χ2v) is 6.13. The lowest BCUT2D eigenvalue weighted by atomic mass is 10.2. The Kier molecular flexibility index (Phi) is 6.37. The Morgan fingerprint density at radius 3 is 2.27 bits per heavy atom. The molecule has 0 unspecified atom stereocenters. The smallest absolute Gasteiger partial charge is 0.222 e. The zero-order valence-electron chi connectivity index (χ0n) is 14.7. The molecule has 26 heavy (non-hydrogen) atoms. The fraction of sp³-hybridized carbons (Fsp3) is 0.182. The number of amides is 1. The fourth-order valence-corrected chi connectivity index (χ4v) is 2.77. The zero-order chi connectivity index (χ0) is 18.0. The largest absolute Gasteiger partial charge is 0.367 e. The third-order valence-corrected chi connectivity index (χ3v) is 4.16. The summed E-state index contributed by atoms with van der Waals surface area (Å²) >= 11 is 0. The van der Waals surface area contributed by atoms with E-state index in [2.05, 4.69) is 39.5 Å². The molecule has 4 heteroatoms. The Morgan fingerprint density at radius 2 is 1.58 bits per heavy atom. The van der Waals surface area contributed by atoms with Crippen molar-refractivity contribution in [1.29, 1.82) is 0 Å². The van der Waals surface area contributed by atoms with Gasteiger partial charge in [0.25, 0.3) is 0 Å². The van der Waals surface area contributed by atoms with Crippen LogP contribution >= 0.6 is 0 Å². The van der Waals surface area contributed by atoms with Crippen LogP contribution in [0.25, 0.3) is 0 Å². The number of rotatable bonds is 8. The molecular formula is C22H23N3O. The molecule has 0 saturated heterocycles. The Hall–Kier alpha value is -3.14. The summed E-state index contributed by atoms with van der Waals surface area (Å²) in [5, 5.41) is 2.96. The van der Waals surface area contributed by atoms with Gasteiger partial charge in [0, 0.05) is 44.1 Å². The standard InChI is InChI=1S/C22H23N3O/c26-22(24-17-20-10-7-14-23-16-20)13-15-25(21-11-5-2-6-12-21)18-19-8-3-1-4-9-19/h1-12,14,16H,13,15,17-18H2,(H,24,26). The molecule has 0 radical (unpaired) electrons. The molecule has 3 aromatic rings. The molecule has 0 aliphatic heterocycles. The van der Waals surface area contributed by atoms with Gasteiger partial charge in [-0.15, -0.1) is 0 Å². The van der Waals surface area contributed by atoms with E-state index in [-0.39, 0.29) is 5.91 Å². The second-order valence-electron chi connectivity index (χ2n) is 6.13. The van der Waals surface area contributed by atoms with E-state index >= 15 is 0 Å². The molecule has 0 aliphatic rings. The van der Waals surface area contributed by atoms with Crippen molar-refractivity contribution in [3.8, 4) is 0 Å². The molecule has 1 aromatic heterocycles. The Bertz CT molecular complexity index is 791. The van der Waals surface area contributed by atoms with Crippen molar-refractivity contribution in [3.63, 3.8) is 0 Å². The van der Waals surface area contributed by atoms with E-state index in [9.17, 15) is 4.79 Å². The van der Waals surface area contributed by atoms with E-state index < -0.39 is 0 Å². The van der Waals surface area contributed by atoms with Crippen LogP contribution in [-0.2, 0) is 17.9 Å². The summed E-state index contributed by atoms with van der Waals surface area (Å²) in [6.45, 7) is 1.95. The van der Waals surface area contributed by atoms with Gasteiger partial charge in [-0.3, -0.25) is 9.78 Å². The molecule has 2 aromatic carbocycles. The van der Waals surface area contributed by atoms with Crippen LogP contribution in [0, 0.1) is 0 Å². The maximum Gasteiger partial charge on any atom is 0.222 e. The number of aromatic nitrogens is 1. The van der Waals surface area contributed by atoms with Gasteiger partial charge in [0.2, 0.25) is 5.91 Å². The quantitative estimate of drug-likeness (QED) is 0.675. The van der Waals surface area contributed by atoms with Crippen LogP contribution in [0.2, 0.25) is 0 Å². The first-order valence-corrected chi connectivity index (χ1v) is 8.81. The topological polar surface area (TPSA) is 45.2 Å². The number of hydrogen-bond acceptors (Lipinski definition) is 3. The van der Waals surface area contributed by atoms with Crippen molar-refractivity contribution in [3.05, 3.63) is 96.3 Å². The number of anilines is 1. The van der Waals surface area contributed by atoms with Crippen LogP contribution in [0.3, 0.4) is 0 Å². The molecule has 1 N–H and O–H groups in total. The normalized spacial score (nSPS) is 10.3. The first kappa shape index (κ1) is 17.7. The number of benzene rings is 2. The highest BCUT2D eigenvalue weighted by Crippen LogP contribution is 2.17. The van der Waals surface area contributed by atoms with Gasteiger partial charge >= 0.3 is 0 Å². The summed E-state index contributed by atoms with van der Waals surface area (Å²) in [6.07, 6.45) is 3.95. The van der Waals surface area contributed by atoms with Gasteiger partial charge in [0.05, 0.1) is 0 Å². The number of hydrogen-bond donors (Lipinski definition) is 1. The number of carbonyl (C=O) groups is 1. The van der Waals surface area contributed by atoms with E-state index in [1.165, 1.54) is 5.56 Å². The summed E-state index contributed by atoms with van der Waals surface area (Å²) in [4.78, 5) is 18.5. The predicted octanol–water partition coefficient (Wildman–Crippen LogP) is 3.79. The lowest BCUT2D eigenvalue weighted by Gasteiger charge is -2.25. The minimum Gasteiger partial charge on any atom is -0.367 e. The Labute approximate surface area is 154 Å². The minimum atomic E-state index is 0.0443. The van der Waals surface area contributed by atoms with Crippen LogP contribution in [0.5, 0.6) is 0 Å². The highest BCUT2D eigenvalue weighted by molar-refractivity contribution is 5.76.